The van der Waals surface area contributed by atoms with Crippen LogP contribution in [0.15, 0.2) is 24.3 Å². The van der Waals surface area contributed by atoms with Crippen molar-refractivity contribution in [1.82, 2.24) is 10.2 Å². The summed E-state index contributed by atoms with van der Waals surface area (Å²) in [6.45, 7) is 3.42. The van der Waals surface area contributed by atoms with Crippen LogP contribution in [0.4, 0.5) is 16.2 Å². The van der Waals surface area contributed by atoms with Gasteiger partial charge < -0.3 is 20.4 Å². The molecule has 3 rings (SSSR count). The van der Waals surface area contributed by atoms with Crippen LogP contribution in [0, 0.1) is 5.92 Å². The number of nitrogens with zero attached hydrogens (tertiary/aromatic N) is 2. The van der Waals surface area contributed by atoms with Gasteiger partial charge >= 0.3 is 6.03 Å². The molecule has 1 aliphatic heterocycles. The molecular formula is C20H32N4O. The van der Waals surface area contributed by atoms with Gasteiger partial charge in [-0.3, -0.25) is 0 Å². The van der Waals surface area contributed by atoms with Gasteiger partial charge in [0.15, 0.2) is 0 Å². The second kappa shape index (κ2) is 8.56. The third kappa shape index (κ3) is 5.36. The largest absolute Gasteiger partial charge is 0.372 e. The summed E-state index contributed by atoms with van der Waals surface area (Å²) in [5, 5.41) is 6.01. The first-order chi connectivity index (χ1) is 12.1. The van der Waals surface area contributed by atoms with Crippen LogP contribution in [0.3, 0.4) is 0 Å². The quantitative estimate of drug-likeness (QED) is 0.859. The fraction of sp³-hybridized carbons (Fsp3) is 0.650. The molecule has 2 aliphatic rings. The topological polar surface area (TPSA) is 47.6 Å². The van der Waals surface area contributed by atoms with E-state index in [4.69, 9.17) is 0 Å². The van der Waals surface area contributed by atoms with Crippen LogP contribution in [0.1, 0.15) is 38.5 Å². The maximum absolute atomic E-state index is 12.0. The molecule has 1 aliphatic carbocycles. The number of rotatable bonds is 5. The number of amides is 2. The van der Waals surface area contributed by atoms with Crippen molar-refractivity contribution in [2.24, 2.45) is 5.92 Å². The predicted octanol–water partition coefficient (Wildman–Crippen LogP) is 3.53. The second-order valence-electron chi connectivity index (χ2n) is 7.82. The van der Waals surface area contributed by atoms with E-state index in [1.54, 1.807) is 0 Å². The third-order valence-electron chi connectivity index (χ3n) is 5.42. The van der Waals surface area contributed by atoms with Crippen molar-refractivity contribution in [3.63, 3.8) is 0 Å². The molecule has 5 heteroatoms. The Morgan fingerprint density at radius 1 is 1.08 bits per heavy atom. The summed E-state index contributed by atoms with van der Waals surface area (Å²) in [7, 11) is 4.31. The molecule has 138 valence electrons. The van der Waals surface area contributed by atoms with Gasteiger partial charge in [0.25, 0.3) is 0 Å². The van der Waals surface area contributed by atoms with Crippen molar-refractivity contribution in [3.8, 4) is 0 Å². The third-order valence-corrected chi connectivity index (χ3v) is 5.42. The van der Waals surface area contributed by atoms with Crippen LogP contribution >= 0.6 is 0 Å². The summed E-state index contributed by atoms with van der Waals surface area (Å²) in [5.41, 5.74) is 2.12. The Bertz CT molecular complexity index is 543. The highest BCUT2D eigenvalue weighted by molar-refractivity contribution is 5.89. The van der Waals surface area contributed by atoms with Crippen molar-refractivity contribution < 1.29 is 4.79 Å². The van der Waals surface area contributed by atoms with Gasteiger partial charge in [-0.05, 0) is 70.0 Å². The number of anilines is 2. The molecule has 5 nitrogen and oxygen atoms in total. The van der Waals surface area contributed by atoms with E-state index in [0.717, 1.165) is 37.5 Å². The lowest BCUT2D eigenvalue weighted by atomic mass is 9.96. The van der Waals surface area contributed by atoms with Crippen molar-refractivity contribution in [1.29, 1.82) is 0 Å². The minimum Gasteiger partial charge on any atom is -0.372 e. The first-order valence-electron chi connectivity index (χ1n) is 9.67. The number of benzene rings is 1. The molecule has 2 fully saturated rings. The van der Waals surface area contributed by atoms with Gasteiger partial charge in [0.1, 0.15) is 0 Å². The van der Waals surface area contributed by atoms with Crippen LogP contribution in [-0.2, 0) is 0 Å². The molecular weight excluding hydrogens is 312 g/mol. The molecule has 2 amide bonds. The van der Waals surface area contributed by atoms with E-state index in [9.17, 15) is 4.79 Å². The van der Waals surface area contributed by atoms with Gasteiger partial charge in [-0.1, -0.05) is 12.8 Å². The fourth-order valence-electron chi connectivity index (χ4n) is 4.07. The molecule has 0 aromatic heterocycles. The monoisotopic (exact) mass is 344 g/mol. The van der Waals surface area contributed by atoms with E-state index in [2.05, 4.69) is 46.7 Å². The van der Waals surface area contributed by atoms with E-state index in [1.165, 1.54) is 37.9 Å². The van der Waals surface area contributed by atoms with E-state index in [0.29, 0.717) is 6.04 Å². The zero-order valence-electron chi connectivity index (χ0n) is 15.6. The summed E-state index contributed by atoms with van der Waals surface area (Å²) in [4.78, 5) is 16.8. The summed E-state index contributed by atoms with van der Waals surface area (Å²) < 4.78 is 0. The molecule has 0 bridgehead atoms. The maximum Gasteiger partial charge on any atom is 0.319 e. The summed E-state index contributed by atoms with van der Waals surface area (Å²) in [6.07, 6.45) is 7.17. The van der Waals surface area contributed by atoms with Crippen molar-refractivity contribution >= 4 is 17.4 Å². The molecule has 25 heavy (non-hydrogen) atoms. The highest BCUT2D eigenvalue weighted by Crippen LogP contribution is 2.25. The number of carbonyl (C=O) groups is 1. The average Bonchev–Trinajstić information content (AvgIpc) is 3.08. The van der Waals surface area contributed by atoms with Gasteiger partial charge in [-0.25, -0.2) is 4.79 Å². The Labute approximate surface area is 151 Å². The SMILES string of the molecule is CN(C)CC1CCN(c2ccc(NC(=O)NC3CCCC3)cc2)CC1. The van der Waals surface area contributed by atoms with Gasteiger partial charge in [0.2, 0.25) is 0 Å². The van der Waals surface area contributed by atoms with Crippen molar-refractivity contribution in [2.45, 2.75) is 44.6 Å². The molecule has 1 aromatic carbocycles. The van der Waals surface area contributed by atoms with Crippen LogP contribution < -0.4 is 15.5 Å². The first-order valence-corrected chi connectivity index (χ1v) is 9.67. The Hall–Kier alpha value is -1.75. The van der Waals surface area contributed by atoms with Crippen LogP contribution in [0.2, 0.25) is 0 Å². The Kier molecular flexibility index (Phi) is 6.19. The molecule has 1 saturated heterocycles. The Morgan fingerprint density at radius 2 is 1.72 bits per heavy atom. The molecule has 0 radical (unpaired) electrons. The van der Waals surface area contributed by atoms with Gasteiger partial charge in [0, 0.05) is 37.1 Å². The lowest BCUT2D eigenvalue weighted by Crippen LogP contribution is -2.37. The molecule has 0 atom stereocenters. The van der Waals surface area contributed by atoms with E-state index < -0.39 is 0 Å². The molecule has 1 heterocycles. The smallest absolute Gasteiger partial charge is 0.319 e. The van der Waals surface area contributed by atoms with E-state index in [-0.39, 0.29) is 6.03 Å². The number of piperidine rings is 1. The van der Waals surface area contributed by atoms with Gasteiger partial charge in [-0.2, -0.15) is 0 Å². The van der Waals surface area contributed by atoms with Crippen molar-refractivity contribution in [2.75, 3.05) is 43.9 Å². The maximum atomic E-state index is 12.0. The molecule has 2 N–H and O–H groups in total. The first kappa shape index (κ1) is 18.1. The summed E-state index contributed by atoms with van der Waals surface area (Å²) in [5.74, 6) is 0.812. The van der Waals surface area contributed by atoms with Crippen LogP contribution in [0.25, 0.3) is 0 Å². The molecule has 0 spiro atoms. The summed E-state index contributed by atoms with van der Waals surface area (Å²) in [6, 6.07) is 8.53. The Balaban J connectivity index is 1.46. The molecule has 1 aromatic rings. The van der Waals surface area contributed by atoms with E-state index >= 15 is 0 Å². The molecule has 1 saturated carbocycles. The van der Waals surface area contributed by atoms with Gasteiger partial charge in [0.05, 0.1) is 0 Å². The van der Waals surface area contributed by atoms with Crippen LogP contribution in [-0.4, -0.2) is 50.7 Å². The minimum absolute atomic E-state index is 0.0795. The Morgan fingerprint density at radius 3 is 2.32 bits per heavy atom. The normalized spacial score (nSPS) is 19.4. The average molecular weight is 345 g/mol. The zero-order valence-corrected chi connectivity index (χ0v) is 15.6. The molecule has 0 unspecified atom stereocenters. The lowest BCUT2D eigenvalue weighted by Gasteiger charge is -2.34. The number of nitrogens with one attached hydrogen (secondary N) is 2. The number of hydrogen-bond acceptors (Lipinski definition) is 3. The highest BCUT2D eigenvalue weighted by atomic mass is 16.2. The minimum atomic E-state index is -0.0795. The van der Waals surface area contributed by atoms with Crippen molar-refractivity contribution in [3.05, 3.63) is 24.3 Å². The summed E-state index contributed by atoms with van der Waals surface area (Å²) >= 11 is 0. The second-order valence-corrected chi connectivity index (χ2v) is 7.82. The fourth-order valence-corrected chi connectivity index (χ4v) is 4.07. The van der Waals surface area contributed by atoms with Gasteiger partial charge in [-0.15, -0.1) is 0 Å². The highest BCUT2D eigenvalue weighted by Gasteiger charge is 2.20. The zero-order chi connectivity index (χ0) is 17.6. The van der Waals surface area contributed by atoms with E-state index in [1.807, 2.05) is 12.1 Å². The number of urea groups is 1. The standard InChI is InChI=1S/C20H32N4O/c1-23(2)15-16-11-13-24(14-12-16)19-9-7-18(8-10-19)22-20(25)21-17-5-3-4-6-17/h7-10,16-17H,3-6,11-15H2,1-2H3,(H2,21,22,25). The number of hydrogen-bond donors (Lipinski definition) is 2. The lowest BCUT2D eigenvalue weighted by molar-refractivity contribution is 0.248. The number of carbonyl (C=O) groups excluding carboxylic acids is 1. The predicted molar refractivity (Wildman–Crippen MR) is 104 cm³/mol. The van der Waals surface area contributed by atoms with Crippen LogP contribution in [0.5, 0.6) is 0 Å².